The van der Waals surface area contributed by atoms with Crippen molar-refractivity contribution in [3.05, 3.63) is 69.3 Å². The Hall–Kier alpha value is -2.95. The largest absolute Gasteiger partial charge is 0.452 e. The van der Waals surface area contributed by atoms with E-state index in [0.29, 0.717) is 11.1 Å². The Morgan fingerprint density at radius 1 is 0.808 bits per heavy atom. The highest BCUT2D eigenvalue weighted by Crippen LogP contribution is 2.26. The van der Waals surface area contributed by atoms with Crippen molar-refractivity contribution in [1.82, 2.24) is 5.32 Å². The Bertz CT molecular complexity index is 840. The van der Waals surface area contributed by atoms with Crippen molar-refractivity contribution in [2.45, 2.75) is 34.6 Å². The summed E-state index contributed by atoms with van der Waals surface area (Å²) in [4.78, 5) is 36.3. The highest BCUT2D eigenvalue weighted by atomic mass is 16.5. The van der Waals surface area contributed by atoms with Gasteiger partial charge in [-0.15, -0.1) is 0 Å². The zero-order chi connectivity index (χ0) is 19.4. The van der Waals surface area contributed by atoms with E-state index in [2.05, 4.69) is 5.32 Å². The fraction of sp³-hybridized carbons (Fsp3) is 0.286. The fourth-order valence-corrected chi connectivity index (χ4v) is 2.83. The molecular formula is C21H23NO4. The maximum Gasteiger partial charge on any atom is 0.339 e. The summed E-state index contributed by atoms with van der Waals surface area (Å²) >= 11 is 0. The average molecular weight is 353 g/mol. The summed E-state index contributed by atoms with van der Waals surface area (Å²) in [7, 11) is 0. The number of amides is 2. The van der Waals surface area contributed by atoms with Gasteiger partial charge in [0, 0.05) is 5.56 Å². The number of rotatable bonds is 4. The molecule has 136 valence electrons. The predicted molar refractivity (Wildman–Crippen MR) is 99.3 cm³/mol. The second kappa shape index (κ2) is 7.95. The molecule has 0 unspecified atom stereocenters. The van der Waals surface area contributed by atoms with E-state index in [-0.39, 0.29) is 0 Å². The Morgan fingerprint density at radius 2 is 1.31 bits per heavy atom. The second-order valence-corrected chi connectivity index (χ2v) is 6.32. The highest BCUT2D eigenvalue weighted by Gasteiger charge is 2.20. The molecule has 1 N–H and O–H groups in total. The first-order valence-electron chi connectivity index (χ1n) is 8.37. The van der Waals surface area contributed by atoms with Crippen LogP contribution in [-0.4, -0.2) is 24.4 Å². The number of hydrogen-bond acceptors (Lipinski definition) is 4. The third kappa shape index (κ3) is 3.99. The van der Waals surface area contributed by atoms with Crippen LogP contribution in [0, 0.1) is 34.6 Å². The van der Waals surface area contributed by atoms with Crippen molar-refractivity contribution < 1.29 is 19.1 Å². The molecule has 0 heterocycles. The summed E-state index contributed by atoms with van der Waals surface area (Å²) in [5.74, 6) is -1.75. The van der Waals surface area contributed by atoms with Crippen LogP contribution in [0.2, 0.25) is 0 Å². The van der Waals surface area contributed by atoms with Crippen molar-refractivity contribution in [3.63, 3.8) is 0 Å². The molecule has 2 amide bonds. The van der Waals surface area contributed by atoms with E-state index in [9.17, 15) is 14.4 Å². The molecule has 0 saturated carbocycles. The standard InChI is InChI=1S/C21H23NO4/c1-12-13(2)15(4)19(16(5)14(12)3)21(25)26-11-18(23)22-20(24)17-9-7-6-8-10-17/h6-10H,11H2,1-5H3,(H,22,23,24). The molecular weight excluding hydrogens is 330 g/mol. The Morgan fingerprint density at radius 3 is 1.85 bits per heavy atom. The van der Waals surface area contributed by atoms with Crippen molar-refractivity contribution in [1.29, 1.82) is 0 Å². The number of hydrogen-bond donors (Lipinski definition) is 1. The number of esters is 1. The average Bonchev–Trinajstić information content (AvgIpc) is 2.64. The molecule has 0 radical (unpaired) electrons. The van der Waals surface area contributed by atoms with Crippen LogP contribution < -0.4 is 5.32 Å². The maximum absolute atomic E-state index is 12.5. The second-order valence-electron chi connectivity index (χ2n) is 6.32. The molecule has 0 fully saturated rings. The van der Waals surface area contributed by atoms with Crippen molar-refractivity contribution in [2.24, 2.45) is 0 Å². The van der Waals surface area contributed by atoms with Gasteiger partial charge in [0.05, 0.1) is 5.56 Å². The van der Waals surface area contributed by atoms with Crippen molar-refractivity contribution in [3.8, 4) is 0 Å². The van der Waals surface area contributed by atoms with Crippen LogP contribution in [0.15, 0.2) is 30.3 Å². The quantitative estimate of drug-likeness (QED) is 0.856. The van der Waals surface area contributed by atoms with Gasteiger partial charge in [0.25, 0.3) is 11.8 Å². The molecule has 0 aliphatic heterocycles. The van der Waals surface area contributed by atoms with E-state index in [0.717, 1.165) is 27.8 Å². The monoisotopic (exact) mass is 353 g/mol. The van der Waals surface area contributed by atoms with Gasteiger partial charge in [-0.05, 0) is 74.6 Å². The molecule has 5 nitrogen and oxygen atoms in total. The first-order chi connectivity index (χ1) is 12.2. The van der Waals surface area contributed by atoms with Gasteiger partial charge >= 0.3 is 5.97 Å². The first kappa shape index (κ1) is 19.4. The number of carbonyl (C=O) groups excluding carboxylic acids is 3. The van der Waals surface area contributed by atoms with E-state index in [1.807, 2.05) is 34.6 Å². The van der Waals surface area contributed by atoms with E-state index < -0.39 is 24.4 Å². The first-order valence-corrected chi connectivity index (χ1v) is 8.37. The lowest BCUT2D eigenvalue weighted by molar-refractivity contribution is -0.123. The lowest BCUT2D eigenvalue weighted by atomic mass is 9.90. The minimum absolute atomic E-state index is 0.364. The van der Waals surface area contributed by atoms with Gasteiger partial charge < -0.3 is 4.74 Å². The zero-order valence-electron chi connectivity index (χ0n) is 15.7. The molecule has 2 aromatic rings. The van der Waals surface area contributed by atoms with E-state index >= 15 is 0 Å². The minimum Gasteiger partial charge on any atom is -0.452 e. The minimum atomic E-state index is -0.664. The number of ether oxygens (including phenoxy) is 1. The van der Waals surface area contributed by atoms with Crippen LogP contribution in [-0.2, 0) is 9.53 Å². The normalized spacial score (nSPS) is 10.3. The van der Waals surface area contributed by atoms with Crippen LogP contribution >= 0.6 is 0 Å². The van der Waals surface area contributed by atoms with Crippen LogP contribution in [0.4, 0.5) is 0 Å². The lowest BCUT2D eigenvalue weighted by Crippen LogP contribution is -2.34. The molecule has 0 spiro atoms. The van der Waals surface area contributed by atoms with Gasteiger partial charge in [-0.3, -0.25) is 14.9 Å². The van der Waals surface area contributed by atoms with Crippen molar-refractivity contribution in [2.75, 3.05) is 6.61 Å². The van der Waals surface area contributed by atoms with Crippen LogP contribution in [0.25, 0.3) is 0 Å². The van der Waals surface area contributed by atoms with Gasteiger partial charge in [0.1, 0.15) is 0 Å². The Labute approximate surface area is 153 Å². The molecule has 2 aromatic carbocycles. The molecule has 0 aliphatic carbocycles. The summed E-state index contributed by atoms with van der Waals surface area (Å²) in [6, 6.07) is 8.37. The zero-order valence-corrected chi connectivity index (χ0v) is 15.7. The lowest BCUT2D eigenvalue weighted by Gasteiger charge is -2.17. The number of nitrogens with one attached hydrogen (secondary N) is 1. The molecule has 26 heavy (non-hydrogen) atoms. The topological polar surface area (TPSA) is 72.5 Å². The fourth-order valence-electron chi connectivity index (χ4n) is 2.83. The predicted octanol–water partition coefficient (Wildman–Crippen LogP) is 3.34. The summed E-state index contributed by atoms with van der Waals surface area (Å²) in [5.41, 5.74) is 5.74. The van der Waals surface area contributed by atoms with Crippen LogP contribution in [0.5, 0.6) is 0 Å². The smallest absolute Gasteiger partial charge is 0.339 e. The van der Waals surface area contributed by atoms with Gasteiger partial charge in [-0.1, -0.05) is 18.2 Å². The van der Waals surface area contributed by atoms with Crippen molar-refractivity contribution >= 4 is 17.8 Å². The van der Waals surface area contributed by atoms with E-state index in [4.69, 9.17) is 4.74 Å². The Kier molecular flexibility index (Phi) is 5.93. The van der Waals surface area contributed by atoms with Crippen LogP contribution in [0.3, 0.4) is 0 Å². The molecule has 2 rings (SSSR count). The molecule has 0 aliphatic rings. The summed E-state index contributed by atoms with van der Waals surface area (Å²) in [6.45, 7) is 9.15. The molecule has 0 saturated heterocycles. The molecule has 5 heteroatoms. The summed E-state index contributed by atoms with van der Waals surface area (Å²) in [5, 5.41) is 2.21. The van der Waals surface area contributed by atoms with E-state index in [1.54, 1.807) is 30.3 Å². The van der Waals surface area contributed by atoms with Gasteiger partial charge in [0.2, 0.25) is 0 Å². The summed E-state index contributed by atoms with van der Waals surface area (Å²) < 4.78 is 5.13. The highest BCUT2D eigenvalue weighted by molar-refractivity contribution is 6.05. The SMILES string of the molecule is Cc1c(C)c(C)c(C(=O)OCC(=O)NC(=O)c2ccccc2)c(C)c1C. The van der Waals surface area contributed by atoms with E-state index in [1.165, 1.54) is 0 Å². The third-order valence-electron chi connectivity index (χ3n) is 4.83. The Balaban J connectivity index is 2.05. The molecule has 0 bridgehead atoms. The number of carbonyl (C=O) groups is 3. The summed E-state index contributed by atoms with van der Waals surface area (Å²) in [6.07, 6.45) is 0. The number of imide groups is 1. The van der Waals surface area contributed by atoms with Gasteiger partial charge in [0.15, 0.2) is 6.61 Å². The maximum atomic E-state index is 12.5. The van der Waals surface area contributed by atoms with Crippen LogP contribution in [0.1, 0.15) is 48.5 Å². The third-order valence-corrected chi connectivity index (χ3v) is 4.83. The van der Waals surface area contributed by atoms with Gasteiger partial charge in [-0.25, -0.2) is 4.79 Å². The molecule has 0 atom stereocenters. The molecule has 0 aromatic heterocycles. The number of benzene rings is 2. The van der Waals surface area contributed by atoms with Gasteiger partial charge in [-0.2, -0.15) is 0 Å².